The largest absolute Gasteiger partial charge is 2.00 e. The molecule has 0 fully saturated rings. The second-order valence-corrected chi connectivity index (χ2v) is 6.71. The summed E-state index contributed by atoms with van der Waals surface area (Å²) in [5.74, 6) is 0. The number of phosphoric acid groups is 5. The van der Waals surface area contributed by atoms with Crippen LogP contribution in [0.5, 0.6) is 0 Å². The van der Waals surface area contributed by atoms with Gasteiger partial charge in [0, 0.05) is 0 Å². The van der Waals surface area contributed by atoms with Crippen molar-refractivity contribution in [2.45, 2.75) is 0 Å². The van der Waals surface area contributed by atoms with E-state index in [1.807, 2.05) is 0 Å². The molecule has 0 amide bonds. The predicted octanol–water partition coefficient (Wildman–Crippen LogP) is -24.3. The van der Waals surface area contributed by atoms with E-state index in [0.717, 1.165) is 0 Å². The zero-order valence-electron chi connectivity index (χ0n) is 16.7. The molecule has 0 aromatic carbocycles. The molecule has 0 saturated carbocycles. The van der Waals surface area contributed by atoms with Gasteiger partial charge in [-0.1, -0.05) is 0 Å². The smallest absolute Gasteiger partial charge is 0.822 e. The van der Waals surface area contributed by atoms with E-state index in [1.54, 1.807) is 0 Å². The first kappa shape index (κ1) is 90.0. The van der Waals surface area contributed by atoms with E-state index in [0.29, 0.717) is 0 Å². The fraction of sp³-hybridized carbons (Fsp3) is 0. The zero-order valence-corrected chi connectivity index (χ0v) is 28.9. The van der Waals surface area contributed by atoms with Crippen LogP contribution >= 0.6 is 39.1 Å². The Morgan fingerprint density at radius 1 is 0.265 bits per heavy atom. The summed E-state index contributed by atoms with van der Waals surface area (Å²) < 4.78 is 42.7. The van der Waals surface area contributed by atoms with Crippen LogP contribution in [-0.4, -0.2) is 69.2 Å². The van der Waals surface area contributed by atoms with Gasteiger partial charge in [0.15, 0.2) is 0 Å². The van der Waals surface area contributed by atoms with Crippen molar-refractivity contribution in [2.75, 3.05) is 0 Å². The molecule has 0 spiro atoms. The fourth-order valence-electron chi connectivity index (χ4n) is 0. The van der Waals surface area contributed by atoms with Gasteiger partial charge in [0.05, 0.1) is 0 Å². The molecule has 175 valence electrons. The third kappa shape index (κ3) is 1380. The molecule has 0 atom stereocenters. The second-order valence-electron chi connectivity index (χ2n) is 2.24. The van der Waals surface area contributed by atoms with Gasteiger partial charge in [0.25, 0.3) is 0 Å². The predicted molar refractivity (Wildman–Crippen MR) is 55.3 cm³/mol. The fourth-order valence-corrected chi connectivity index (χ4v) is 0. The maximum atomic E-state index is 8.55. The monoisotopic (exact) mass is 733 g/mol. The van der Waals surface area contributed by atoms with E-state index in [1.165, 1.54) is 0 Å². The molecule has 0 rings (SSSR count). The average Bonchev–Trinajstić information content (AvgIpc) is 1.79. The van der Waals surface area contributed by atoms with Crippen LogP contribution in [0.25, 0.3) is 0 Å². The van der Waals surface area contributed by atoms with Crippen molar-refractivity contribution in [1.29, 1.82) is 0 Å². The summed E-state index contributed by atoms with van der Waals surface area (Å²) >= 11 is 0. The van der Waals surface area contributed by atoms with E-state index in [4.69, 9.17) is 96.2 Å². The third-order valence-corrected chi connectivity index (χ3v) is 0. The van der Waals surface area contributed by atoms with Crippen molar-refractivity contribution < 1.29 is 204 Å². The first-order valence-corrected chi connectivity index (χ1v) is 11.0. The van der Waals surface area contributed by atoms with Crippen molar-refractivity contribution in [2.24, 2.45) is 0 Å². The summed E-state index contributed by atoms with van der Waals surface area (Å²) in [4.78, 5) is 128. The van der Waals surface area contributed by atoms with E-state index < -0.39 is 39.1 Å². The van der Waals surface area contributed by atoms with Gasteiger partial charge in [-0.2, -0.15) is 39.1 Å². The topological polar surface area (TPSA) is 431 Å². The molecule has 0 aromatic rings. The molecule has 0 aliphatic rings. The molecule has 0 aliphatic heterocycles. The standard InChI is InChI=1S/3Li.3Mg.3Mn.5H3O4P/c;;;;;;;;;5*1-5(2,3)4/h;;;;;;;;;5*(H3,1,2,3,4)/q3*+1;6*+2;;;;;/p-15. The van der Waals surface area contributed by atoms with Crippen LogP contribution < -0.4 is 130 Å². The van der Waals surface area contributed by atoms with Crippen molar-refractivity contribution in [3.8, 4) is 0 Å². The zero-order chi connectivity index (χ0) is 22.5. The Hall–Kier alpha value is 6.20. The second kappa shape index (κ2) is 43.7. The molecule has 0 saturated heterocycles. The van der Waals surface area contributed by atoms with Crippen LogP contribution in [0.15, 0.2) is 0 Å². The first-order chi connectivity index (χ1) is 10.0. The Labute approximate surface area is 308 Å². The minimum Gasteiger partial charge on any atom is -0.822 e. The molecule has 0 aromatic heterocycles. The Balaban J connectivity index is -0.0000000115. The maximum Gasteiger partial charge on any atom is 2.00 e. The Morgan fingerprint density at radius 2 is 0.265 bits per heavy atom. The van der Waals surface area contributed by atoms with Gasteiger partial charge >= 0.3 is 177 Å². The molecule has 3 radical (unpaired) electrons. The van der Waals surface area contributed by atoms with Gasteiger partial charge in [-0.25, -0.2) is 0 Å². The SMILES string of the molecule is O=P([O-])([O-])[O-].O=P([O-])([O-])[O-].O=P([O-])([O-])[O-].O=P([O-])([O-])[O-].O=P([O-])([O-])[O-].[Li+].[Li+].[Li+].[Mg+2].[Mg+2].[Mg+2].[Mn+2].[Mn+2].[Mn+2]. The minimum absolute atomic E-state index is 0. The van der Waals surface area contributed by atoms with E-state index in [2.05, 4.69) is 0 Å². The number of rotatable bonds is 0. The molecular weight excluding hydrogens is 733 g/mol. The number of hydrogen-bond acceptors (Lipinski definition) is 20. The number of hydrogen-bond donors (Lipinski definition) is 0. The van der Waals surface area contributed by atoms with Crippen LogP contribution in [0.2, 0.25) is 0 Å². The summed E-state index contributed by atoms with van der Waals surface area (Å²) in [5, 5.41) is 0. The summed E-state index contributed by atoms with van der Waals surface area (Å²) in [5.41, 5.74) is 0. The first-order valence-electron chi connectivity index (χ1n) is 3.65. The summed E-state index contributed by atoms with van der Waals surface area (Å²) in [6, 6.07) is 0. The molecule has 0 aliphatic carbocycles. The van der Waals surface area contributed by atoms with Gasteiger partial charge in [0.1, 0.15) is 0 Å². The molecule has 0 heterocycles. The maximum absolute atomic E-state index is 8.55. The molecule has 0 bridgehead atoms. The Morgan fingerprint density at radius 3 is 0.265 bits per heavy atom. The van der Waals surface area contributed by atoms with E-state index >= 15 is 0 Å². The van der Waals surface area contributed by atoms with Gasteiger partial charge in [-0.15, -0.1) is 0 Å². The van der Waals surface area contributed by atoms with Crippen LogP contribution in [-0.2, 0) is 74.0 Å². The van der Waals surface area contributed by atoms with Crippen LogP contribution in [0.1, 0.15) is 0 Å². The van der Waals surface area contributed by atoms with E-state index in [-0.39, 0.29) is 177 Å². The van der Waals surface area contributed by atoms with Crippen molar-refractivity contribution in [3.05, 3.63) is 0 Å². The molecule has 20 nitrogen and oxygen atoms in total. The Bertz CT molecular complexity index is 408. The molecule has 34 heteroatoms. The summed E-state index contributed by atoms with van der Waals surface area (Å²) in [7, 11) is -26.9. The third-order valence-electron chi connectivity index (χ3n) is 0. The van der Waals surface area contributed by atoms with Gasteiger partial charge in [-0.05, 0) is 0 Å². The normalized spacial score (nSPS) is 8.68. The van der Waals surface area contributed by atoms with Crippen LogP contribution in [0, 0.1) is 0 Å². The Kier molecular flexibility index (Phi) is 116. The molecule has 0 unspecified atom stereocenters. The van der Waals surface area contributed by atoms with Crippen LogP contribution in [0.3, 0.4) is 0 Å². The molecule has 0 N–H and O–H groups in total. The van der Waals surface area contributed by atoms with Crippen molar-refractivity contribution in [1.82, 2.24) is 0 Å². The summed E-state index contributed by atoms with van der Waals surface area (Å²) in [6.07, 6.45) is 0. The molecule has 34 heavy (non-hydrogen) atoms. The average molecular weight is 733 g/mol. The van der Waals surface area contributed by atoms with E-state index in [9.17, 15) is 0 Å². The van der Waals surface area contributed by atoms with Crippen molar-refractivity contribution in [3.63, 3.8) is 0 Å². The summed E-state index contributed by atoms with van der Waals surface area (Å²) in [6.45, 7) is 0. The van der Waals surface area contributed by atoms with Gasteiger partial charge in [-0.3, -0.25) is 0 Å². The van der Waals surface area contributed by atoms with Gasteiger partial charge in [0.2, 0.25) is 0 Å². The van der Waals surface area contributed by atoms with Crippen LogP contribution in [0.4, 0.5) is 0 Å². The minimum atomic E-state index is -5.39. The van der Waals surface area contributed by atoms with Crippen molar-refractivity contribution >= 4 is 108 Å². The quantitative estimate of drug-likeness (QED) is 0.165. The van der Waals surface area contributed by atoms with Gasteiger partial charge < -0.3 is 96.2 Å². The molecular formula is Li3Mg3Mn3O20P5.